The zero-order valence-corrected chi connectivity index (χ0v) is 10.7. The van der Waals surface area contributed by atoms with E-state index in [1.165, 1.54) is 7.11 Å². The van der Waals surface area contributed by atoms with Gasteiger partial charge in [0.05, 0.1) is 7.11 Å². The van der Waals surface area contributed by atoms with Crippen LogP contribution in [0, 0.1) is 0 Å². The molecule has 1 fully saturated rings. The van der Waals surface area contributed by atoms with Crippen molar-refractivity contribution in [2.45, 2.75) is 38.2 Å². The summed E-state index contributed by atoms with van der Waals surface area (Å²) in [6.07, 6.45) is 4.14. The zero-order chi connectivity index (χ0) is 13.2. The van der Waals surface area contributed by atoms with Gasteiger partial charge in [-0.1, -0.05) is 6.07 Å². The lowest BCUT2D eigenvalue weighted by molar-refractivity contribution is 0.0659. The molecule has 0 aromatic heterocycles. The molecule has 0 saturated heterocycles. The Hall–Kier alpha value is -1.71. The van der Waals surface area contributed by atoms with Gasteiger partial charge >= 0.3 is 5.97 Å². The van der Waals surface area contributed by atoms with Crippen molar-refractivity contribution in [3.05, 3.63) is 23.8 Å². The Labute approximate surface area is 107 Å². The molecular formula is C14H18O4. The number of hydrogen-bond acceptors (Lipinski definition) is 3. The summed E-state index contributed by atoms with van der Waals surface area (Å²) in [6, 6.07) is 4.92. The first kappa shape index (κ1) is 12.7. The number of para-hydroxylation sites is 1. The summed E-state index contributed by atoms with van der Waals surface area (Å²) in [5.74, 6) is -0.176. The Morgan fingerprint density at radius 1 is 1.33 bits per heavy atom. The Bertz CT molecular complexity index is 447. The normalized spacial score (nSPS) is 17.4. The van der Waals surface area contributed by atoms with Crippen molar-refractivity contribution in [2.75, 3.05) is 7.11 Å². The molecule has 98 valence electrons. The SMILES string of the molecule is COc1cccc(C(=O)O)c1OC1(C)CCCC1. The van der Waals surface area contributed by atoms with Gasteiger partial charge in [0, 0.05) is 0 Å². The third-order valence-electron chi connectivity index (χ3n) is 3.44. The minimum Gasteiger partial charge on any atom is -0.493 e. The highest BCUT2D eigenvalue weighted by molar-refractivity contribution is 5.92. The molecule has 0 heterocycles. The van der Waals surface area contributed by atoms with E-state index in [2.05, 4.69) is 0 Å². The minimum absolute atomic E-state index is 0.155. The molecular weight excluding hydrogens is 232 g/mol. The van der Waals surface area contributed by atoms with Crippen LogP contribution in [0.1, 0.15) is 43.0 Å². The second kappa shape index (κ2) is 4.88. The molecule has 1 aromatic rings. The molecule has 1 saturated carbocycles. The maximum absolute atomic E-state index is 11.2. The van der Waals surface area contributed by atoms with Crippen molar-refractivity contribution in [1.82, 2.24) is 0 Å². The average molecular weight is 250 g/mol. The van der Waals surface area contributed by atoms with E-state index in [1.54, 1.807) is 18.2 Å². The van der Waals surface area contributed by atoms with Crippen LogP contribution in [-0.2, 0) is 0 Å². The summed E-state index contributed by atoms with van der Waals surface area (Å²) in [5, 5.41) is 9.21. The van der Waals surface area contributed by atoms with E-state index < -0.39 is 5.97 Å². The van der Waals surface area contributed by atoms with E-state index in [9.17, 15) is 9.90 Å². The van der Waals surface area contributed by atoms with E-state index in [4.69, 9.17) is 9.47 Å². The number of benzene rings is 1. The molecule has 0 bridgehead atoms. The average Bonchev–Trinajstić information content (AvgIpc) is 2.76. The number of aromatic carboxylic acids is 1. The first-order valence-corrected chi connectivity index (χ1v) is 6.15. The van der Waals surface area contributed by atoms with Gasteiger partial charge in [-0.15, -0.1) is 0 Å². The minimum atomic E-state index is -0.995. The number of carboxylic acids is 1. The van der Waals surface area contributed by atoms with Crippen molar-refractivity contribution in [1.29, 1.82) is 0 Å². The maximum atomic E-state index is 11.2. The van der Waals surface area contributed by atoms with Gasteiger partial charge in [-0.05, 0) is 44.7 Å². The predicted octanol–water partition coefficient (Wildman–Crippen LogP) is 3.10. The van der Waals surface area contributed by atoms with Gasteiger partial charge in [0.15, 0.2) is 11.5 Å². The molecule has 0 spiro atoms. The summed E-state index contributed by atoms with van der Waals surface area (Å²) in [4.78, 5) is 11.2. The van der Waals surface area contributed by atoms with Crippen molar-refractivity contribution < 1.29 is 19.4 Å². The van der Waals surface area contributed by atoms with E-state index in [0.29, 0.717) is 11.5 Å². The molecule has 0 amide bonds. The van der Waals surface area contributed by atoms with Gasteiger partial charge in [0.25, 0.3) is 0 Å². The summed E-state index contributed by atoms with van der Waals surface area (Å²) >= 11 is 0. The number of hydrogen-bond donors (Lipinski definition) is 1. The predicted molar refractivity (Wildman–Crippen MR) is 67.5 cm³/mol. The molecule has 4 heteroatoms. The topological polar surface area (TPSA) is 55.8 Å². The lowest BCUT2D eigenvalue weighted by atomic mass is 10.0. The third-order valence-corrected chi connectivity index (χ3v) is 3.44. The Balaban J connectivity index is 2.37. The van der Waals surface area contributed by atoms with E-state index in [1.807, 2.05) is 6.92 Å². The van der Waals surface area contributed by atoms with E-state index in [-0.39, 0.29) is 11.2 Å². The molecule has 0 radical (unpaired) electrons. The van der Waals surface area contributed by atoms with Gasteiger partial charge in [0.2, 0.25) is 0 Å². The number of carboxylic acid groups (broad SMARTS) is 1. The Morgan fingerprint density at radius 3 is 2.56 bits per heavy atom. The molecule has 0 atom stereocenters. The van der Waals surface area contributed by atoms with Crippen LogP contribution in [0.4, 0.5) is 0 Å². The van der Waals surface area contributed by atoms with Gasteiger partial charge in [0.1, 0.15) is 11.2 Å². The molecule has 4 nitrogen and oxygen atoms in total. The summed E-state index contributed by atoms with van der Waals surface area (Å²) in [5.41, 5.74) is -0.124. The van der Waals surface area contributed by atoms with Gasteiger partial charge in [-0.3, -0.25) is 0 Å². The molecule has 18 heavy (non-hydrogen) atoms. The molecule has 2 rings (SSSR count). The fourth-order valence-corrected chi connectivity index (χ4v) is 2.42. The van der Waals surface area contributed by atoms with E-state index >= 15 is 0 Å². The van der Waals surface area contributed by atoms with Crippen molar-refractivity contribution in [3.8, 4) is 11.5 Å². The third kappa shape index (κ3) is 2.42. The summed E-state index contributed by atoms with van der Waals surface area (Å²) in [6.45, 7) is 2.03. The van der Waals surface area contributed by atoms with Crippen molar-refractivity contribution in [3.63, 3.8) is 0 Å². The van der Waals surface area contributed by atoms with Crippen LogP contribution in [0.2, 0.25) is 0 Å². The monoisotopic (exact) mass is 250 g/mol. The number of rotatable bonds is 4. The number of methoxy groups -OCH3 is 1. The van der Waals surface area contributed by atoms with Gasteiger partial charge in [-0.25, -0.2) is 4.79 Å². The number of ether oxygens (including phenoxy) is 2. The molecule has 0 unspecified atom stereocenters. The maximum Gasteiger partial charge on any atom is 0.339 e. The molecule has 1 aliphatic rings. The smallest absolute Gasteiger partial charge is 0.339 e. The number of carbonyl (C=O) groups is 1. The second-order valence-corrected chi connectivity index (χ2v) is 4.90. The highest BCUT2D eigenvalue weighted by atomic mass is 16.5. The van der Waals surface area contributed by atoms with Crippen molar-refractivity contribution in [2.24, 2.45) is 0 Å². The summed E-state index contributed by atoms with van der Waals surface area (Å²) in [7, 11) is 1.52. The fourth-order valence-electron chi connectivity index (χ4n) is 2.42. The standard InChI is InChI=1S/C14H18O4/c1-14(8-3-4-9-14)18-12-10(13(15)16)6-5-7-11(12)17-2/h5-7H,3-4,8-9H2,1-2H3,(H,15,16). The first-order valence-electron chi connectivity index (χ1n) is 6.15. The Kier molecular flexibility index (Phi) is 3.45. The quantitative estimate of drug-likeness (QED) is 0.892. The molecule has 0 aliphatic heterocycles. The first-order chi connectivity index (χ1) is 8.56. The van der Waals surface area contributed by atoms with Gasteiger partial charge < -0.3 is 14.6 Å². The van der Waals surface area contributed by atoms with Crippen LogP contribution in [-0.4, -0.2) is 23.8 Å². The largest absolute Gasteiger partial charge is 0.493 e. The molecule has 1 N–H and O–H groups in total. The van der Waals surface area contributed by atoms with E-state index in [0.717, 1.165) is 25.7 Å². The van der Waals surface area contributed by atoms with Gasteiger partial charge in [-0.2, -0.15) is 0 Å². The van der Waals surface area contributed by atoms with Crippen molar-refractivity contribution >= 4 is 5.97 Å². The van der Waals surface area contributed by atoms with Crippen LogP contribution in [0.3, 0.4) is 0 Å². The lowest BCUT2D eigenvalue weighted by Crippen LogP contribution is -2.29. The van der Waals surface area contributed by atoms with Crippen LogP contribution < -0.4 is 9.47 Å². The Morgan fingerprint density at radius 2 is 2.00 bits per heavy atom. The fraction of sp³-hybridized carbons (Fsp3) is 0.500. The second-order valence-electron chi connectivity index (χ2n) is 4.90. The van der Waals surface area contributed by atoms with Crippen LogP contribution >= 0.6 is 0 Å². The highest BCUT2D eigenvalue weighted by Gasteiger charge is 2.33. The highest BCUT2D eigenvalue weighted by Crippen LogP contribution is 2.39. The zero-order valence-electron chi connectivity index (χ0n) is 10.7. The molecule has 1 aliphatic carbocycles. The van der Waals surface area contributed by atoms with Crippen LogP contribution in [0.25, 0.3) is 0 Å². The lowest BCUT2D eigenvalue weighted by Gasteiger charge is -2.27. The summed E-state index contributed by atoms with van der Waals surface area (Å²) < 4.78 is 11.2. The molecule has 1 aromatic carbocycles. The van der Waals surface area contributed by atoms with Crippen LogP contribution in [0.5, 0.6) is 11.5 Å². The van der Waals surface area contributed by atoms with Crippen LogP contribution in [0.15, 0.2) is 18.2 Å².